The minimum Gasteiger partial charge on any atom is -0.494 e. The quantitative estimate of drug-likeness (QED) is 0.0657. The molecule has 225 valence electrons. The lowest BCUT2D eigenvalue weighted by atomic mass is 10.00. The number of ether oxygens (including phenoxy) is 3. The number of esters is 1. The highest BCUT2D eigenvalue weighted by Crippen LogP contribution is 2.33. The van der Waals surface area contributed by atoms with Crippen LogP contribution in [0.1, 0.15) is 48.3 Å². The van der Waals surface area contributed by atoms with Gasteiger partial charge < -0.3 is 25.7 Å². The molecule has 0 spiro atoms. The Morgan fingerprint density at radius 2 is 1.55 bits per heavy atom. The first-order chi connectivity index (χ1) is 19.8. The predicted octanol–water partition coefficient (Wildman–Crippen LogP) is 7.66. The molecule has 0 aliphatic carbocycles. The molecule has 0 saturated carbocycles. The molecule has 1 atom stereocenters. The van der Waals surface area contributed by atoms with Crippen LogP contribution in [0.3, 0.4) is 0 Å². The summed E-state index contributed by atoms with van der Waals surface area (Å²) in [6, 6.07) is 15.7. The van der Waals surface area contributed by atoms with Gasteiger partial charge in [0.2, 0.25) is 0 Å². The van der Waals surface area contributed by atoms with Crippen molar-refractivity contribution in [3.63, 3.8) is 0 Å². The highest BCUT2D eigenvalue weighted by molar-refractivity contribution is 5.87. The van der Waals surface area contributed by atoms with Gasteiger partial charge in [0.05, 0.1) is 18.8 Å². The fraction of sp³-hybridized carbons (Fsp3) is 0.290. The Morgan fingerprint density at radius 3 is 2.19 bits per heavy atom. The van der Waals surface area contributed by atoms with Crippen molar-refractivity contribution in [1.82, 2.24) is 0 Å². The monoisotopic (exact) mass is 591 g/mol. The van der Waals surface area contributed by atoms with E-state index in [1.807, 2.05) is 0 Å². The summed E-state index contributed by atoms with van der Waals surface area (Å²) in [6.07, 6.45) is -5.21. The first kappa shape index (κ1) is 32.2. The van der Waals surface area contributed by atoms with Crippen molar-refractivity contribution in [3.8, 4) is 11.5 Å². The number of alkyl halides is 5. The summed E-state index contributed by atoms with van der Waals surface area (Å²) in [5.41, 5.74) is 13.4. The highest BCUT2D eigenvalue weighted by Gasteiger charge is 2.34. The van der Waals surface area contributed by atoms with Crippen LogP contribution in [0, 0.1) is 6.92 Å². The summed E-state index contributed by atoms with van der Waals surface area (Å²) < 4.78 is 81.3. The van der Waals surface area contributed by atoms with Crippen LogP contribution in [0.25, 0.3) is 6.08 Å². The number of benzene rings is 3. The van der Waals surface area contributed by atoms with E-state index in [2.05, 4.69) is 6.92 Å². The molecule has 0 saturated heterocycles. The van der Waals surface area contributed by atoms with Gasteiger partial charge in [0.15, 0.2) is 0 Å². The van der Waals surface area contributed by atoms with Crippen LogP contribution in [0.5, 0.6) is 11.5 Å². The largest absolute Gasteiger partial charge is 0.494 e. The average Bonchev–Trinajstić information content (AvgIpc) is 2.92. The van der Waals surface area contributed by atoms with Crippen LogP contribution in [-0.2, 0) is 15.6 Å². The van der Waals surface area contributed by atoms with Gasteiger partial charge >= 0.3 is 18.3 Å². The molecule has 42 heavy (non-hydrogen) atoms. The number of anilines is 2. The van der Waals surface area contributed by atoms with E-state index in [0.717, 1.165) is 12.1 Å². The second-order valence-electron chi connectivity index (χ2n) is 9.54. The van der Waals surface area contributed by atoms with E-state index in [1.165, 1.54) is 48.6 Å². The molecule has 0 fully saturated rings. The lowest BCUT2D eigenvalue weighted by molar-refractivity contribution is -0.185. The summed E-state index contributed by atoms with van der Waals surface area (Å²) in [7, 11) is 0. The molecule has 0 amide bonds. The van der Waals surface area contributed by atoms with Gasteiger partial charge in [-0.25, -0.2) is 4.79 Å². The van der Waals surface area contributed by atoms with Crippen LogP contribution >= 0.6 is 0 Å². The third-order valence-corrected chi connectivity index (χ3v) is 6.08. The Morgan fingerprint density at radius 1 is 0.881 bits per heavy atom. The van der Waals surface area contributed by atoms with Crippen LogP contribution in [0.15, 0.2) is 72.8 Å². The SMILES string of the molecule is [CH2]C(COC(=O)/C=C/c1ccc(OC(F)(F)c2ccc(OCCCCCC(F)(F)F)cc2)cc1)c1ccc(N)cc1N. The van der Waals surface area contributed by atoms with E-state index in [9.17, 15) is 26.7 Å². The standard InChI is InChI=1S/C31H32F5N2O4/c1-21(27-15-10-24(37)19-28(27)38)20-41-29(39)16-7-22-5-11-26(12-6-22)42-31(35,36)23-8-13-25(14-9-23)40-18-4-2-3-17-30(32,33)34/h5-16,19,21H,1-4,17-18,20,37-38H2/b16-7+. The lowest BCUT2D eigenvalue weighted by Crippen LogP contribution is -2.21. The number of rotatable bonds is 14. The van der Waals surface area contributed by atoms with E-state index < -0.39 is 36.2 Å². The zero-order valence-corrected chi connectivity index (χ0v) is 22.7. The maximum atomic E-state index is 14.7. The molecule has 3 aromatic rings. The van der Waals surface area contributed by atoms with Crippen molar-refractivity contribution in [1.29, 1.82) is 0 Å². The summed E-state index contributed by atoms with van der Waals surface area (Å²) in [4.78, 5) is 12.1. The van der Waals surface area contributed by atoms with Crippen molar-refractivity contribution in [2.24, 2.45) is 0 Å². The van der Waals surface area contributed by atoms with Crippen molar-refractivity contribution in [2.75, 3.05) is 24.7 Å². The molecule has 3 rings (SSSR count). The fourth-order valence-corrected chi connectivity index (χ4v) is 3.84. The van der Waals surface area contributed by atoms with E-state index in [1.54, 1.807) is 18.2 Å². The van der Waals surface area contributed by atoms with E-state index in [4.69, 9.17) is 25.7 Å². The molecular weight excluding hydrogens is 559 g/mol. The number of carbonyl (C=O) groups excluding carboxylic acids is 1. The van der Waals surface area contributed by atoms with Crippen molar-refractivity contribution >= 4 is 23.4 Å². The zero-order valence-electron chi connectivity index (χ0n) is 22.7. The second kappa shape index (κ2) is 14.6. The highest BCUT2D eigenvalue weighted by atomic mass is 19.4. The Labute approximate surface area is 241 Å². The van der Waals surface area contributed by atoms with Crippen molar-refractivity contribution < 1.29 is 41.0 Å². The van der Waals surface area contributed by atoms with Gasteiger partial charge in [0.1, 0.15) is 11.5 Å². The number of hydrogen-bond acceptors (Lipinski definition) is 6. The molecular formula is C31H32F5N2O4. The van der Waals surface area contributed by atoms with Gasteiger partial charge in [0, 0.05) is 29.8 Å². The Balaban J connectivity index is 1.44. The molecule has 6 nitrogen and oxygen atoms in total. The predicted molar refractivity (Wildman–Crippen MR) is 151 cm³/mol. The molecule has 0 heterocycles. The third kappa shape index (κ3) is 10.6. The Kier molecular flexibility index (Phi) is 11.2. The topological polar surface area (TPSA) is 96.8 Å². The molecule has 0 aliphatic heterocycles. The molecule has 0 aliphatic rings. The number of hydrogen-bond donors (Lipinski definition) is 2. The van der Waals surface area contributed by atoms with Crippen LogP contribution < -0.4 is 20.9 Å². The van der Waals surface area contributed by atoms with E-state index >= 15 is 0 Å². The number of halogens is 5. The first-order valence-corrected chi connectivity index (χ1v) is 13.1. The number of nitrogens with two attached hydrogens (primary N) is 2. The molecule has 1 radical (unpaired) electrons. The smallest absolute Gasteiger partial charge is 0.426 e. The van der Waals surface area contributed by atoms with Gasteiger partial charge in [-0.05, 0) is 91.9 Å². The van der Waals surface area contributed by atoms with Gasteiger partial charge in [-0.2, -0.15) is 22.0 Å². The van der Waals surface area contributed by atoms with Gasteiger partial charge in [-0.15, -0.1) is 0 Å². The lowest BCUT2D eigenvalue weighted by Gasteiger charge is -2.18. The van der Waals surface area contributed by atoms with E-state index in [-0.39, 0.29) is 25.4 Å². The maximum Gasteiger partial charge on any atom is 0.426 e. The number of unbranched alkanes of at least 4 members (excludes halogenated alkanes) is 2. The number of nitrogen functional groups attached to an aromatic ring is 2. The van der Waals surface area contributed by atoms with Gasteiger partial charge in [-0.1, -0.05) is 18.2 Å². The minimum absolute atomic E-state index is 0.00236. The Hall–Kier alpha value is -4.28. The molecule has 3 aromatic carbocycles. The average molecular weight is 592 g/mol. The summed E-state index contributed by atoms with van der Waals surface area (Å²) in [6.45, 7) is 4.12. The molecule has 0 bridgehead atoms. The summed E-state index contributed by atoms with van der Waals surface area (Å²) in [5.74, 6) is -0.784. The van der Waals surface area contributed by atoms with Crippen LogP contribution in [0.4, 0.5) is 33.3 Å². The third-order valence-electron chi connectivity index (χ3n) is 6.08. The fourth-order valence-electron chi connectivity index (χ4n) is 3.84. The summed E-state index contributed by atoms with van der Waals surface area (Å²) in [5, 5.41) is 0. The molecule has 4 N–H and O–H groups in total. The van der Waals surface area contributed by atoms with Crippen LogP contribution in [-0.4, -0.2) is 25.4 Å². The molecule has 1 unspecified atom stereocenters. The minimum atomic E-state index is -4.17. The maximum absolute atomic E-state index is 14.7. The van der Waals surface area contributed by atoms with E-state index in [0.29, 0.717) is 41.1 Å². The normalized spacial score (nSPS) is 12.7. The molecule has 11 heteroatoms. The second-order valence-corrected chi connectivity index (χ2v) is 9.54. The van der Waals surface area contributed by atoms with Crippen molar-refractivity contribution in [2.45, 2.75) is 43.9 Å². The van der Waals surface area contributed by atoms with Crippen molar-refractivity contribution in [3.05, 3.63) is 96.4 Å². The zero-order chi connectivity index (χ0) is 30.8. The summed E-state index contributed by atoms with van der Waals surface area (Å²) >= 11 is 0. The van der Waals surface area contributed by atoms with Gasteiger partial charge in [-0.3, -0.25) is 0 Å². The first-order valence-electron chi connectivity index (χ1n) is 13.1. The van der Waals surface area contributed by atoms with Gasteiger partial charge in [0.25, 0.3) is 0 Å². The van der Waals surface area contributed by atoms with Crippen LogP contribution in [0.2, 0.25) is 0 Å². The Bertz CT molecular complexity index is 1330. The number of carbonyl (C=O) groups is 1. The molecule has 0 aromatic heterocycles.